The molecule has 0 saturated carbocycles. The van der Waals surface area contributed by atoms with Crippen LogP contribution in [-0.4, -0.2) is 9.55 Å². The lowest BCUT2D eigenvalue weighted by Gasteiger charge is -2.09. The lowest BCUT2D eigenvalue weighted by atomic mass is 10.1. The molecule has 0 saturated heterocycles. The van der Waals surface area contributed by atoms with Crippen LogP contribution >= 0.6 is 11.3 Å². The van der Waals surface area contributed by atoms with E-state index in [2.05, 4.69) is 69.8 Å². The smallest absolute Gasteiger partial charge is 0.0901 e. The maximum Gasteiger partial charge on any atom is 0.0901 e. The third-order valence-electron chi connectivity index (χ3n) is 3.54. The Morgan fingerprint density at radius 2 is 2.00 bits per heavy atom. The molecule has 0 amide bonds. The number of anilines is 1. The number of aromatic nitrogens is 2. The Labute approximate surface area is 129 Å². The molecule has 0 aliphatic carbocycles. The van der Waals surface area contributed by atoms with Crippen molar-refractivity contribution in [2.45, 2.75) is 26.9 Å². The first kappa shape index (κ1) is 13.9. The third-order valence-corrected chi connectivity index (χ3v) is 4.31. The van der Waals surface area contributed by atoms with Crippen molar-refractivity contribution in [3.8, 4) is 11.3 Å². The summed E-state index contributed by atoms with van der Waals surface area (Å²) in [6.45, 7) is 6.04. The van der Waals surface area contributed by atoms with E-state index in [0.717, 1.165) is 29.5 Å². The molecule has 0 aliphatic heterocycles. The summed E-state index contributed by atoms with van der Waals surface area (Å²) in [6, 6.07) is 12.7. The molecular weight excluding hydrogens is 278 g/mol. The Balaban J connectivity index is 1.67. The average Bonchev–Trinajstić information content (AvgIpc) is 3.14. The van der Waals surface area contributed by atoms with E-state index in [1.165, 1.54) is 11.3 Å². The van der Waals surface area contributed by atoms with Crippen LogP contribution in [0.1, 0.15) is 17.6 Å². The van der Waals surface area contributed by atoms with Gasteiger partial charge in [-0.1, -0.05) is 12.1 Å². The summed E-state index contributed by atoms with van der Waals surface area (Å²) >= 11 is 1.69. The first-order chi connectivity index (χ1) is 10.3. The summed E-state index contributed by atoms with van der Waals surface area (Å²) in [5.41, 5.74) is 4.66. The Morgan fingerprint density at radius 3 is 2.67 bits per heavy atom. The number of nitrogens with one attached hydrogen (secondary N) is 1. The monoisotopic (exact) mass is 297 g/mol. The Kier molecular flexibility index (Phi) is 4.06. The molecule has 3 rings (SSSR count). The van der Waals surface area contributed by atoms with Gasteiger partial charge in [0.2, 0.25) is 0 Å². The number of nitrogens with zero attached hydrogens (tertiary/aromatic N) is 2. The highest BCUT2D eigenvalue weighted by molar-refractivity contribution is 7.09. The number of aryl methyl sites for hydroxylation is 2. The molecule has 3 nitrogen and oxygen atoms in total. The third kappa shape index (κ3) is 3.16. The van der Waals surface area contributed by atoms with Crippen molar-refractivity contribution in [1.82, 2.24) is 9.55 Å². The minimum absolute atomic E-state index is 0.843. The summed E-state index contributed by atoms with van der Waals surface area (Å²) in [4.78, 5) is 4.51. The molecule has 0 bridgehead atoms. The SMILES string of the molecule is CCn1cccc1CNc1ccc(-c2csc(C)n2)cc1. The van der Waals surface area contributed by atoms with Crippen molar-refractivity contribution in [3.05, 3.63) is 58.7 Å². The topological polar surface area (TPSA) is 29.9 Å². The van der Waals surface area contributed by atoms with Gasteiger partial charge in [0.25, 0.3) is 0 Å². The maximum atomic E-state index is 4.51. The van der Waals surface area contributed by atoms with Crippen LogP contribution in [0.5, 0.6) is 0 Å². The highest BCUT2D eigenvalue weighted by Gasteiger charge is 2.03. The van der Waals surface area contributed by atoms with Gasteiger partial charge in [-0.15, -0.1) is 11.3 Å². The number of hydrogen-bond acceptors (Lipinski definition) is 3. The van der Waals surface area contributed by atoms with Crippen LogP contribution in [0.15, 0.2) is 48.0 Å². The fraction of sp³-hybridized carbons (Fsp3) is 0.235. The standard InChI is InChI=1S/C17H19N3S/c1-3-20-10-4-5-16(20)11-18-15-8-6-14(7-9-15)17-12-21-13(2)19-17/h4-10,12,18H,3,11H2,1-2H3. The molecule has 2 aromatic heterocycles. The molecule has 1 aromatic carbocycles. The van der Waals surface area contributed by atoms with Crippen molar-refractivity contribution >= 4 is 17.0 Å². The van der Waals surface area contributed by atoms with E-state index in [1.807, 2.05) is 6.92 Å². The first-order valence-electron chi connectivity index (χ1n) is 7.16. The summed E-state index contributed by atoms with van der Waals surface area (Å²) < 4.78 is 2.25. The van der Waals surface area contributed by atoms with Gasteiger partial charge in [-0.3, -0.25) is 0 Å². The van der Waals surface area contributed by atoms with Crippen LogP contribution in [0, 0.1) is 6.92 Å². The van der Waals surface area contributed by atoms with Crippen molar-refractivity contribution in [2.75, 3.05) is 5.32 Å². The van der Waals surface area contributed by atoms with Gasteiger partial charge in [-0.2, -0.15) is 0 Å². The number of rotatable bonds is 5. The molecule has 0 radical (unpaired) electrons. The van der Waals surface area contributed by atoms with E-state index in [9.17, 15) is 0 Å². The van der Waals surface area contributed by atoms with Gasteiger partial charge in [0.05, 0.1) is 17.2 Å². The molecule has 0 atom stereocenters. The second-order valence-electron chi connectivity index (χ2n) is 4.97. The first-order valence-corrected chi connectivity index (χ1v) is 8.04. The molecule has 2 heterocycles. The molecule has 0 spiro atoms. The molecule has 0 aliphatic rings. The quantitative estimate of drug-likeness (QED) is 0.748. The lowest BCUT2D eigenvalue weighted by Crippen LogP contribution is -2.05. The molecule has 108 valence electrons. The van der Waals surface area contributed by atoms with E-state index in [-0.39, 0.29) is 0 Å². The zero-order chi connectivity index (χ0) is 14.7. The van der Waals surface area contributed by atoms with E-state index in [4.69, 9.17) is 0 Å². The van der Waals surface area contributed by atoms with E-state index in [0.29, 0.717) is 0 Å². The number of hydrogen-bond donors (Lipinski definition) is 1. The van der Waals surface area contributed by atoms with Gasteiger partial charge in [0, 0.05) is 35.1 Å². The van der Waals surface area contributed by atoms with Gasteiger partial charge >= 0.3 is 0 Å². The predicted octanol–water partition coefficient (Wildman–Crippen LogP) is 4.55. The van der Waals surface area contributed by atoms with Crippen LogP contribution in [0.25, 0.3) is 11.3 Å². The second-order valence-corrected chi connectivity index (χ2v) is 6.03. The van der Waals surface area contributed by atoms with Crippen LogP contribution in [0.4, 0.5) is 5.69 Å². The largest absolute Gasteiger partial charge is 0.379 e. The molecule has 21 heavy (non-hydrogen) atoms. The van der Waals surface area contributed by atoms with Gasteiger partial charge in [-0.05, 0) is 38.1 Å². The fourth-order valence-corrected chi connectivity index (χ4v) is 2.99. The molecule has 3 aromatic rings. The zero-order valence-electron chi connectivity index (χ0n) is 12.3. The number of thiazole rings is 1. The van der Waals surface area contributed by atoms with Crippen LogP contribution < -0.4 is 5.32 Å². The van der Waals surface area contributed by atoms with Crippen molar-refractivity contribution in [2.24, 2.45) is 0 Å². The summed E-state index contributed by atoms with van der Waals surface area (Å²) in [7, 11) is 0. The van der Waals surface area contributed by atoms with Crippen molar-refractivity contribution in [3.63, 3.8) is 0 Å². The molecule has 0 unspecified atom stereocenters. The highest BCUT2D eigenvalue weighted by Crippen LogP contribution is 2.23. The van der Waals surface area contributed by atoms with E-state index < -0.39 is 0 Å². The summed E-state index contributed by atoms with van der Waals surface area (Å²) in [5, 5.41) is 6.67. The fourth-order valence-electron chi connectivity index (χ4n) is 2.37. The van der Waals surface area contributed by atoms with Crippen LogP contribution in [0.3, 0.4) is 0 Å². The normalized spacial score (nSPS) is 10.8. The number of benzene rings is 1. The lowest BCUT2D eigenvalue weighted by molar-refractivity contribution is 0.724. The second kappa shape index (κ2) is 6.14. The van der Waals surface area contributed by atoms with Crippen molar-refractivity contribution in [1.29, 1.82) is 0 Å². The van der Waals surface area contributed by atoms with Gasteiger partial charge in [0.15, 0.2) is 0 Å². The van der Waals surface area contributed by atoms with Crippen LogP contribution in [-0.2, 0) is 13.1 Å². The van der Waals surface area contributed by atoms with Gasteiger partial charge < -0.3 is 9.88 Å². The highest BCUT2D eigenvalue weighted by atomic mass is 32.1. The zero-order valence-corrected chi connectivity index (χ0v) is 13.2. The van der Waals surface area contributed by atoms with E-state index >= 15 is 0 Å². The molecular formula is C17H19N3S. The maximum absolute atomic E-state index is 4.51. The summed E-state index contributed by atoms with van der Waals surface area (Å²) in [6.07, 6.45) is 2.12. The van der Waals surface area contributed by atoms with Crippen molar-refractivity contribution < 1.29 is 0 Å². The average molecular weight is 297 g/mol. The van der Waals surface area contributed by atoms with Gasteiger partial charge in [0.1, 0.15) is 0 Å². The Morgan fingerprint density at radius 1 is 1.19 bits per heavy atom. The minimum atomic E-state index is 0.843. The van der Waals surface area contributed by atoms with E-state index in [1.54, 1.807) is 11.3 Å². The van der Waals surface area contributed by atoms with Gasteiger partial charge in [-0.25, -0.2) is 4.98 Å². The molecule has 1 N–H and O–H groups in total. The predicted molar refractivity (Wildman–Crippen MR) is 89.7 cm³/mol. The Hall–Kier alpha value is -2.07. The minimum Gasteiger partial charge on any atom is -0.379 e. The Bertz CT molecular complexity index is 710. The molecule has 0 fully saturated rings. The molecule has 4 heteroatoms. The summed E-state index contributed by atoms with van der Waals surface area (Å²) in [5.74, 6) is 0. The van der Waals surface area contributed by atoms with Crippen LogP contribution in [0.2, 0.25) is 0 Å².